The van der Waals surface area contributed by atoms with Gasteiger partial charge in [0.25, 0.3) is 0 Å². The van der Waals surface area contributed by atoms with Crippen LogP contribution in [0.25, 0.3) is 11.1 Å². The van der Waals surface area contributed by atoms with E-state index in [0.29, 0.717) is 11.3 Å². The van der Waals surface area contributed by atoms with Gasteiger partial charge in [-0.3, -0.25) is 6.08 Å². The minimum absolute atomic E-state index is 0. The summed E-state index contributed by atoms with van der Waals surface area (Å²) in [6, 6.07) is 25.5. The number of benzene rings is 3. The van der Waals surface area contributed by atoms with Crippen LogP contribution in [0.1, 0.15) is 97.1 Å². The van der Waals surface area contributed by atoms with Gasteiger partial charge >= 0.3 is 63.8 Å². The molecular weight excluding hydrogens is 619 g/mol. The third-order valence-corrected chi connectivity index (χ3v) is 8.05. The van der Waals surface area contributed by atoms with Gasteiger partial charge < -0.3 is 24.8 Å². The molecule has 0 nitrogen and oxygen atoms in total. The van der Waals surface area contributed by atoms with Crippen LogP contribution in [0.2, 0.25) is 0 Å². The Labute approximate surface area is 278 Å². The molecule has 0 saturated heterocycles. The van der Waals surface area contributed by atoms with Gasteiger partial charge in [-0.1, -0.05) is 104 Å². The number of rotatable bonds is 1. The normalized spacial score (nSPS) is 15.0. The van der Waals surface area contributed by atoms with Crippen LogP contribution < -0.4 is 24.8 Å². The van der Waals surface area contributed by atoms with Crippen molar-refractivity contribution in [2.24, 2.45) is 11.3 Å². The molecule has 1 unspecified atom stereocenters. The van der Waals surface area contributed by atoms with E-state index in [1.807, 2.05) is 6.07 Å². The fourth-order valence-corrected chi connectivity index (χ4v) is 5.10. The van der Waals surface area contributed by atoms with Crippen molar-refractivity contribution in [2.45, 2.75) is 86.5 Å². The van der Waals surface area contributed by atoms with E-state index < -0.39 is 0 Å². The fourth-order valence-electron chi connectivity index (χ4n) is 4.63. The van der Waals surface area contributed by atoms with Crippen molar-refractivity contribution in [3.63, 3.8) is 0 Å². The topological polar surface area (TPSA) is 0 Å². The molecule has 2 aliphatic carbocycles. The summed E-state index contributed by atoms with van der Waals surface area (Å²) in [5.74, 6) is 0.522. The first-order valence-corrected chi connectivity index (χ1v) is 15.6. The van der Waals surface area contributed by atoms with Crippen molar-refractivity contribution in [2.75, 3.05) is 0 Å². The average Bonchev–Trinajstić information content (AvgIpc) is 3.47. The van der Waals surface area contributed by atoms with Crippen molar-refractivity contribution >= 4 is 3.71 Å². The summed E-state index contributed by atoms with van der Waals surface area (Å²) in [7, 11) is 0. The summed E-state index contributed by atoms with van der Waals surface area (Å²) in [5, 5.41) is 0. The van der Waals surface area contributed by atoms with Crippen LogP contribution in [0.5, 0.6) is 0 Å². The summed E-state index contributed by atoms with van der Waals surface area (Å²) in [6.07, 6.45) is 8.68. The maximum absolute atomic E-state index is 3.67. The molecule has 2 aliphatic rings. The molecule has 41 heavy (non-hydrogen) atoms. The van der Waals surface area contributed by atoms with E-state index in [0.717, 1.165) is 6.42 Å². The van der Waals surface area contributed by atoms with Gasteiger partial charge in [-0.15, -0.1) is 11.1 Å². The van der Waals surface area contributed by atoms with Gasteiger partial charge in [0.2, 0.25) is 0 Å². The van der Waals surface area contributed by atoms with Crippen LogP contribution in [0, 0.1) is 23.5 Å². The molecule has 1 atom stereocenters. The molecule has 0 aliphatic heterocycles. The van der Waals surface area contributed by atoms with Crippen LogP contribution >= 0.6 is 0 Å². The SMILES string of the molecule is CC(C)(C)c1[c-]c2c(cc1)-c1ccc(C(C)(C)C)cc1C2.CC1[C-]=CC(C(C)(C)C)=C1.[Cl-].[Cl-].[Zr+2]=[CH]c1ccccc1. The van der Waals surface area contributed by atoms with Crippen LogP contribution in [0.4, 0.5) is 0 Å². The first-order valence-electron chi connectivity index (χ1n) is 14.2. The van der Waals surface area contributed by atoms with Gasteiger partial charge in [0, 0.05) is 0 Å². The Hall–Kier alpha value is -1.53. The summed E-state index contributed by atoms with van der Waals surface area (Å²) in [6.45, 7) is 22.5. The Morgan fingerprint density at radius 2 is 1.37 bits per heavy atom. The molecule has 0 bridgehead atoms. The predicted octanol–water partition coefficient (Wildman–Crippen LogP) is 4.01. The molecule has 218 valence electrons. The predicted molar refractivity (Wildman–Crippen MR) is 167 cm³/mol. The van der Waals surface area contributed by atoms with Gasteiger partial charge in [-0.2, -0.15) is 35.4 Å². The number of allylic oxidation sites excluding steroid dienone is 4. The molecule has 0 aromatic heterocycles. The van der Waals surface area contributed by atoms with Crippen molar-refractivity contribution < 1.29 is 49.0 Å². The van der Waals surface area contributed by atoms with E-state index in [1.165, 1.54) is 68.8 Å². The second-order valence-corrected chi connectivity index (χ2v) is 14.5. The Morgan fingerprint density at radius 1 is 0.756 bits per heavy atom. The van der Waals surface area contributed by atoms with E-state index in [4.69, 9.17) is 0 Å². The molecule has 0 amide bonds. The Morgan fingerprint density at radius 3 is 1.80 bits per heavy atom. The maximum atomic E-state index is 3.67. The molecular formula is C38H46Cl2Zr-2. The van der Waals surface area contributed by atoms with Gasteiger partial charge in [-0.25, -0.2) is 6.08 Å². The van der Waals surface area contributed by atoms with Crippen molar-refractivity contribution in [3.8, 4) is 11.1 Å². The molecule has 0 spiro atoms. The zero-order chi connectivity index (χ0) is 29.0. The van der Waals surface area contributed by atoms with Crippen LogP contribution in [0.15, 0.2) is 78.4 Å². The molecule has 3 aromatic carbocycles. The quantitative estimate of drug-likeness (QED) is 0.270. The van der Waals surface area contributed by atoms with Gasteiger partial charge in [0.1, 0.15) is 0 Å². The zero-order valence-electron chi connectivity index (χ0n) is 26.5. The number of fused-ring (bicyclic) bond motifs is 3. The molecule has 0 radical (unpaired) electrons. The second kappa shape index (κ2) is 15.3. The Balaban J connectivity index is 0.000000352. The third-order valence-electron chi connectivity index (χ3n) is 7.23. The van der Waals surface area contributed by atoms with Crippen LogP contribution in [-0.4, -0.2) is 3.71 Å². The third kappa shape index (κ3) is 10.6. The van der Waals surface area contributed by atoms with Crippen molar-refractivity contribution in [1.82, 2.24) is 0 Å². The van der Waals surface area contributed by atoms with E-state index >= 15 is 0 Å². The average molecular weight is 665 g/mol. The Bertz CT molecular complexity index is 1280. The number of halogens is 2. The standard InChI is InChI=1S/C21H25.C10H15.C7H6.2ClH.Zr/c1-20(2,3)16-7-9-18-14(12-16)11-15-13-17(21(4,5)6)8-10-19(15)18;1-8-5-6-9(7-8)10(2,3)4;1-7-5-3-2-4-6-7;;;/h7-10,12H,11H2,1-6H3;6-8H,1-4H3;1-6H;2*1H;/q2*-1;;;;+2/p-2. The molecule has 3 heteroatoms. The zero-order valence-corrected chi connectivity index (χ0v) is 30.5. The molecule has 3 aromatic rings. The van der Waals surface area contributed by atoms with Gasteiger partial charge in [0.15, 0.2) is 0 Å². The van der Waals surface area contributed by atoms with Gasteiger partial charge in [-0.05, 0) is 28.4 Å². The van der Waals surface area contributed by atoms with Crippen LogP contribution in [0.3, 0.4) is 0 Å². The number of hydrogen-bond acceptors (Lipinski definition) is 0. The second-order valence-electron chi connectivity index (χ2n) is 13.8. The summed E-state index contributed by atoms with van der Waals surface area (Å²) in [5.41, 5.74) is 11.7. The molecule has 0 saturated carbocycles. The van der Waals surface area contributed by atoms with Crippen molar-refractivity contribution in [3.05, 3.63) is 118 Å². The summed E-state index contributed by atoms with van der Waals surface area (Å²) >= 11 is 1.46. The first kappa shape index (κ1) is 37.5. The number of hydrogen-bond donors (Lipinski definition) is 0. The van der Waals surface area contributed by atoms with Crippen LogP contribution in [-0.2, 0) is 41.5 Å². The summed E-state index contributed by atoms with van der Waals surface area (Å²) in [4.78, 5) is 0. The van der Waals surface area contributed by atoms with E-state index in [2.05, 4.69) is 152 Å². The first-order chi connectivity index (χ1) is 18.1. The van der Waals surface area contributed by atoms with E-state index in [-0.39, 0.29) is 35.6 Å². The monoisotopic (exact) mass is 662 g/mol. The van der Waals surface area contributed by atoms with E-state index in [9.17, 15) is 0 Å². The molecule has 5 rings (SSSR count). The minimum atomic E-state index is 0. The van der Waals surface area contributed by atoms with Crippen molar-refractivity contribution in [1.29, 1.82) is 0 Å². The van der Waals surface area contributed by atoms with E-state index in [1.54, 1.807) is 0 Å². The molecule has 0 heterocycles. The molecule has 0 N–H and O–H groups in total. The molecule has 0 fully saturated rings. The van der Waals surface area contributed by atoms with Gasteiger partial charge in [0.05, 0.1) is 0 Å². The summed E-state index contributed by atoms with van der Waals surface area (Å²) < 4.78 is 2.17. The Kier molecular flexibility index (Phi) is 14.0. The fraction of sp³-hybridized carbons (Fsp3) is 0.395.